The van der Waals surface area contributed by atoms with Gasteiger partial charge in [0.2, 0.25) is 0 Å². The zero-order chi connectivity index (χ0) is 22.6. The van der Waals surface area contributed by atoms with Crippen LogP contribution in [0.2, 0.25) is 0 Å². The van der Waals surface area contributed by atoms with Crippen molar-refractivity contribution in [3.63, 3.8) is 0 Å². The molecule has 1 aliphatic heterocycles. The number of Topliss-reactive ketones (excluding diaryl/α,β-unsaturated/α-hetero) is 1. The number of piperidine rings is 1. The highest BCUT2D eigenvalue weighted by molar-refractivity contribution is 5.97. The Morgan fingerprint density at radius 1 is 0.970 bits per heavy atom. The summed E-state index contributed by atoms with van der Waals surface area (Å²) in [6.45, 7) is 2.06. The first kappa shape index (κ1) is 21.2. The first-order valence-corrected chi connectivity index (χ1v) is 11.1. The number of carbonyl (C=O) groups excluding carboxylic acids is 1. The smallest absolute Gasteiger partial charge is 0.168 e. The Bertz CT molecular complexity index is 1290. The van der Waals surface area contributed by atoms with E-state index >= 15 is 0 Å². The van der Waals surface area contributed by atoms with Crippen molar-refractivity contribution >= 4 is 22.4 Å². The quantitative estimate of drug-likeness (QED) is 0.431. The summed E-state index contributed by atoms with van der Waals surface area (Å²) in [7, 11) is 0. The molecule has 0 saturated carbocycles. The summed E-state index contributed by atoms with van der Waals surface area (Å²) in [5.74, 6) is -0.491. The van der Waals surface area contributed by atoms with Gasteiger partial charge in [-0.2, -0.15) is 10.2 Å². The number of carbonyl (C=O) groups is 1. The molecule has 7 heteroatoms. The van der Waals surface area contributed by atoms with Gasteiger partial charge in [-0.25, -0.2) is 4.39 Å². The van der Waals surface area contributed by atoms with Crippen molar-refractivity contribution in [3.05, 3.63) is 84.1 Å². The molecule has 0 atom stereocenters. The predicted octanol–water partition coefficient (Wildman–Crippen LogP) is 4.42. The highest BCUT2D eigenvalue weighted by Crippen LogP contribution is 2.26. The van der Waals surface area contributed by atoms with E-state index in [4.69, 9.17) is 0 Å². The van der Waals surface area contributed by atoms with E-state index in [1.807, 2.05) is 36.7 Å². The van der Waals surface area contributed by atoms with Crippen LogP contribution >= 0.6 is 0 Å². The summed E-state index contributed by atoms with van der Waals surface area (Å²) in [6.07, 6.45) is 6.01. The minimum atomic E-state index is -0.367. The number of nitrogens with one attached hydrogen (secondary N) is 2. The normalized spacial score (nSPS) is 14.3. The molecule has 0 amide bonds. The number of ketones is 1. The lowest BCUT2D eigenvalue weighted by atomic mass is 10.0. The molecule has 4 aromatic rings. The third kappa shape index (κ3) is 5.04. The van der Waals surface area contributed by atoms with Crippen LogP contribution in [0.15, 0.2) is 67.0 Å². The molecule has 0 aliphatic carbocycles. The molecule has 1 saturated heterocycles. The highest BCUT2D eigenvalue weighted by atomic mass is 19.1. The SMILES string of the molecule is O=C(Cc1cc2cc(-c3cncc(NC4CCNCC4)c3)ccc2nn1)c1ccc(F)cc1. The van der Waals surface area contributed by atoms with Crippen LogP contribution in [-0.4, -0.2) is 40.1 Å². The van der Waals surface area contributed by atoms with Crippen LogP contribution in [0.5, 0.6) is 0 Å². The summed E-state index contributed by atoms with van der Waals surface area (Å²) in [4.78, 5) is 17.0. The fourth-order valence-corrected chi connectivity index (χ4v) is 4.13. The van der Waals surface area contributed by atoms with Gasteiger partial charge in [0, 0.05) is 34.9 Å². The molecule has 0 bridgehead atoms. The Labute approximate surface area is 191 Å². The zero-order valence-electron chi connectivity index (χ0n) is 18.1. The molecule has 2 aromatic heterocycles. The third-order valence-electron chi connectivity index (χ3n) is 5.93. The predicted molar refractivity (Wildman–Crippen MR) is 127 cm³/mol. The minimum Gasteiger partial charge on any atom is -0.381 e. The molecule has 33 heavy (non-hydrogen) atoms. The Morgan fingerprint density at radius 2 is 1.79 bits per heavy atom. The van der Waals surface area contributed by atoms with Crippen LogP contribution in [0, 0.1) is 5.82 Å². The first-order chi connectivity index (χ1) is 16.1. The third-order valence-corrected chi connectivity index (χ3v) is 5.93. The molecule has 5 rings (SSSR count). The second kappa shape index (κ2) is 9.42. The molecule has 0 unspecified atom stereocenters. The van der Waals surface area contributed by atoms with Gasteiger partial charge in [-0.05, 0) is 80.0 Å². The molecule has 166 valence electrons. The summed E-state index contributed by atoms with van der Waals surface area (Å²) < 4.78 is 13.1. The summed E-state index contributed by atoms with van der Waals surface area (Å²) in [6, 6.07) is 16.0. The standard InChI is InChI=1S/C26H24FN5O/c27-21-4-1-17(2-5-21)26(33)14-23-12-19-11-18(3-6-25(19)32-31-23)20-13-24(16-29-15-20)30-22-7-9-28-10-8-22/h1-6,11-13,15-16,22,28,30H,7-10,14H2. The van der Waals surface area contributed by atoms with Gasteiger partial charge in [0.25, 0.3) is 0 Å². The van der Waals surface area contributed by atoms with Gasteiger partial charge < -0.3 is 10.6 Å². The lowest BCUT2D eigenvalue weighted by Gasteiger charge is -2.24. The maximum absolute atomic E-state index is 13.1. The molecule has 2 aromatic carbocycles. The topological polar surface area (TPSA) is 79.8 Å². The van der Waals surface area contributed by atoms with Gasteiger partial charge in [-0.15, -0.1) is 0 Å². The number of nitrogens with zero attached hydrogens (tertiary/aromatic N) is 3. The Morgan fingerprint density at radius 3 is 2.61 bits per heavy atom. The van der Waals surface area contributed by atoms with Gasteiger partial charge in [0.1, 0.15) is 5.82 Å². The number of benzene rings is 2. The van der Waals surface area contributed by atoms with Gasteiger partial charge in [0.15, 0.2) is 5.78 Å². The van der Waals surface area contributed by atoms with Gasteiger partial charge in [-0.3, -0.25) is 9.78 Å². The number of pyridine rings is 1. The van der Waals surface area contributed by atoms with E-state index in [0.29, 0.717) is 17.3 Å². The van der Waals surface area contributed by atoms with Gasteiger partial charge in [0.05, 0.1) is 23.3 Å². The average Bonchev–Trinajstić information content (AvgIpc) is 2.85. The Kier molecular flexibility index (Phi) is 6.04. The second-order valence-electron chi connectivity index (χ2n) is 8.35. The van der Waals surface area contributed by atoms with Crippen molar-refractivity contribution in [2.24, 2.45) is 0 Å². The van der Waals surface area contributed by atoms with Crippen molar-refractivity contribution < 1.29 is 9.18 Å². The molecule has 1 aliphatic rings. The lowest BCUT2D eigenvalue weighted by Crippen LogP contribution is -2.35. The van der Waals surface area contributed by atoms with Crippen LogP contribution in [0.1, 0.15) is 28.9 Å². The first-order valence-electron chi connectivity index (χ1n) is 11.1. The number of halogens is 1. The molecular formula is C26H24FN5O. The zero-order valence-corrected chi connectivity index (χ0v) is 18.1. The van der Waals surface area contributed by atoms with Crippen LogP contribution in [0.3, 0.4) is 0 Å². The summed E-state index contributed by atoms with van der Waals surface area (Å²) in [5, 5.41) is 16.4. The van der Waals surface area contributed by atoms with E-state index in [9.17, 15) is 9.18 Å². The molecular weight excluding hydrogens is 417 g/mol. The van der Waals surface area contributed by atoms with Crippen LogP contribution in [0.4, 0.5) is 10.1 Å². The fourth-order valence-electron chi connectivity index (χ4n) is 4.13. The highest BCUT2D eigenvalue weighted by Gasteiger charge is 2.13. The van der Waals surface area contributed by atoms with Crippen molar-refractivity contribution in [3.8, 4) is 11.1 Å². The largest absolute Gasteiger partial charge is 0.381 e. The number of anilines is 1. The monoisotopic (exact) mass is 441 g/mol. The molecule has 1 fully saturated rings. The van der Waals surface area contributed by atoms with E-state index in [2.05, 4.69) is 31.9 Å². The number of aromatic nitrogens is 3. The van der Waals surface area contributed by atoms with Crippen LogP contribution < -0.4 is 10.6 Å². The van der Waals surface area contributed by atoms with E-state index in [1.165, 1.54) is 24.3 Å². The average molecular weight is 442 g/mol. The second-order valence-corrected chi connectivity index (χ2v) is 8.35. The Hall–Kier alpha value is -3.71. The number of hydrogen-bond acceptors (Lipinski definition) is 6. The van der Waals surface area contributed by atoms with Crippen LogP contribution in [0.25, 0.3) is 22.0 Å². The molecule has 3 heterocycles. The van der Waals surface area contributed by atoms with E-state index in [0.717, 1.165) is 53.6 Å². The molecule has 2 N–H and O–H groups in total. The molecule has 0 spiro atoms. The lowest BCUT2D eigenvalue weighted by molar-refractivity contribution is 0.0991. The maximum atomic E-state index is 13.1. The summed E-state index contributed by atoms with van der Waals surface area (Å²) >= 11 is 0. The maximum Gasteiger partial charge on any atom is 0.168 e. The van der Waals surface area contributed by atoms with E-state index < -0.39 is 0 Å². The van der Waals surface area contributed by atoms with Crippen molar-refractivity contribution in [2.45, 2.75) is 25.3 Å². The fraction of sp³-hybridized carbons (Fsp3) is 0.231. The molecule has 0 radical (unpaired) electrons. The number of rotatable bonds is 6. The number of hydrogen-bond donors (Lipinski definition) is 2. The van der Waals surface area contributed by atoms with Crippen molar-refractivity contribution in [1.82, 2.24) is 20.5 Å². The Balaban J connectivity index is 1.37. The minimum absolute atomic E-state index is 0.107. The molecule has 6 nitrogen and oxygen atoms in total. The van der Waals surface area contributed by atoms with Gasteiger partial charge in [-0.1, -0.05) is 6.07 Å². The van der Waals surface area contributed by atoms with Crippen LogP contribution in [-0.2, 0) is 6.42 Å². The summed E-state index contributed by atoms with van der Waals surface area (Å²) in [5.41, 5.74) is 4.83. The number of fused-ring (bicyclic) bond motifs is 1. The van der Waals surface area contributed by atoms with Crippen molar-refractivity contribution in [1.29, 1.82) is 0 Å². The van der Waals surface area contributed by atoms with E-state index in [-0.39, 0.29) is 18.0 Å². The van der Waals surface area contributed by atoms with E-state index in [1.54, 1.807) is 0 Å². The van der Waals surface area contributed by atoms with Gasteiger partial charge >= 0.3 is 0 Å². The van der Waals surface area contributed by atoms with Crippen molar-refractivity contribution in [2.75, 3.05) is 18.4 Å².